The molecule has 0 fully saturated rings. The van der Waals surface area contributed by atoms with Crippen molar-refractivity contribution >= 4 is 29.3 Å². The summed E-state index contributed by atoms with van der Waals surface area (Å²) in [5, 5.41) is 20.9. The molecule has 0 radical (unpaired) electrons. The highest BCUT2D eigenvalue weighted by atomic mass is 35.5. The molecule has 0 saturated heterocycles. The fraction of sp³-hybridized carbons (Fsp3) is 0.105. The molecule has 5 nitrogen and oxygen atoms in total. The molecule has 2 aromatic rings. The minimum Gasteiger partial charge on any atom is -0.479 e. The number of nitrogens with zero attached hydrogens (tertiary/aromatic N) is 2. The largest absolute Gasteiger partial charge is 0.479 e. The number of amides is 1. The minimum absolute atomic E-state index is 0.0395. The van der Waals surface area contributed by atoms with E-state index in [9.17, 15) is 10.1 Å². The molecule has 0 spiro atoms. The number of hydrogen-bond donors (Lipinski definition) is 1. The third-order valence-corrected chi connectivity index (χ3v) is 3.70. The summed E-state index contributed by atoms with van der Waals surface area (Å²) in [5.74, 6) is 0.0168. The Morgan fingerprint density at radius 1 is 1.24 bits per heavy atom. The Morgan fingerprint density at radius 2 is 1.96 bits per heavy atom. The molecule has 2 rings (SSSR count). The highest BCUT2D eigenvalue weighted by Crippen LogP contribution is 2.21. The Kier molecular flexibility index (Phi) is 6.17. The Morgan fingerprint density at radius 3 is 2.56 bits per heavy atom. The summed E-state index contributed by atoms with van der Waals surface area (Å²) in [6, 6.07) is 15.6. The van der Waals surface area contributed by atoms with E-state index in [-0.39, 0.29) is 12.2 Å². The van der Waals surface area contributed by atoms with Gasteiger partial charge in [0.15, 0.2) is 6.61 Å². The number of halogens is 1. The lowest BCUT2D eigenvalue weighted by Gasteiger charge is -2.06. The minimum atomic E-state index is -0.521. The molecule has 1 amide bonds. The maximum absolute atomic E-state index is 12.2. The van der Waals surface area contributed by atoms with Crippen LogP contribution in [-0.2, 0) is 4.79 Å². The SMILES string of the molecule is Cc1ccc(NC(=O)C(C#N)=Cc2ccc(OCC#N)cc2)cc1Cl. The number of benzene rings is 2. The van der Waals surface area contributed by atoms with Crippen LogP contribution >= 0.6 is 11.6 Å². The molecule has 25 heavy (non-hydrogen) atoms. The van der Waals surface area contributed by atoms with Crippen molar-refractivity contribution in [1.82, 2.24) is 0 Å². The average Bonchev–Trinajstić information content (AvgIpc) is 2.62. The first kappa shape index (κ1) is 18.1. The fourth-order valence-corrected chi connectivity index (χ4v) is 2.14. The second-order valence-corrected chi connectivity index (χ2v) is 5.51. The Balaban J connectivity index is 2.13. The number of anilines is 1. The van der Waals surface area contributed by atoms with Crippen LogP contribution in [0.15, 0.2) is 48.0 Å². The summed E-state index contributed by atoms with van der Waals surface area (Å²) in [6.45, 7) is 1.82. The molecule has 0 bridgehead atoms. The highest BCUT2D eigenvalue weighted by Gasteiger charge is 2.10. The van der Waals surface area contributed by atoms with E-state index in [0.29, 0.717) is 22.0 Å². The predicted octanol–water partition coefficient (Wildman–Crippen LogP) is 4.10. The molecule has 6 heteroatoms. The second-order valence-electron chi connectivity index (χ2n) is 5.10. The highest BCUT2D eigenvalue weighted by molar-refractivity contribution is 6.31. The van der Waals surface area contributed by atoms with Gasteiger partial charge >= 0.3 is 0 Å². The number of carbonyl (C=O) groups is 1. The molecule has 124 valence electrons. The van der Waals surface area contributed by atoms with E-state index in [0.717, 1.165) is 5.56 Å². The van der Waals surface area contributed by atoms with Gasteiger partial charge in [-0.2, -0.15) is 10.5 Å². The molecular formula is C19H14ClN3O2. The zero-order valence-electron chi connectivity index (χ0n) is 13.4. The van der Waals surface area contributed by atoms with Gasteiger partial charge < -0.3 is 10.1 Å². The van der Waals surface area contributed by atoms with E-state index in [1.165, 1.54) is 6.08 Å². The van der Waals surface area contributed by atoms with E-state index in [4.69, 9.17) is 21.6 Å². The van der Waals surface area contributed by atoms with Gasteiger partial charge in [0.05, 0.1) is 0 Å². The van der Waals surface area contributed by atoms with Crippen molar-refractivity contribution < 1.29 is 9.53 Å². The van der Waals surface area contributed by atoms with Gasteiger partial charge in [-0.3, -0.25) is 4.79 Å². The molecule has 0 aliphatic rings. The van der Waals surface area contributed by atoms with Crippen LogP contribution in [0.5, 0.6) is 5.75 Å². The molecule has 1 N–H and O–H groups in total. The van der Waals surface area contributed by atoms with Crippen LogP contribution < -0.4 is 10.1 Å². The fourth-order valence-electron chi connectivity index (χ4n) is 1.96. The molecular weight excluding hydrogens is 338 g/mol. The van der Waals surface area contributed by atoms with Crippen LogP contribution in [0.3, 0.4) is 0 Å². The first-order valence-corrected chi connectivity index (χ1v) is 7.70. The Labute approximate surface area is 150 Å². The van der Waals surface area contributed by atoms with Gasteiger partial charge in [0.1, 0.15) is 23.5 Å². The van der Waals surface area contributed by atoms with Crippen LogP contribution in [0, 0.1) is 29.6 Å². The monoisotopic (exact) mass is 351 g/mol. The summed E-state index contributed by atoms with van der Waals surface area (Å²) in [6.07, 6.45) is 1.47. The van der Waals surface area contributed by atoms with Gasteiger partial charge in [-0.05, 0) is 48.4 Å². The lowest BCUT2D eigenvalue weighted by atomic mass is 10.1. The summed E-state index contributed by atoms with van der Waals surface area (Å²) >= 11 is 6.03. The van der Waals surface area contributed by atoms with E-state index < -0.39 is 5.91 Å². The van der Waals surface area contributed by atoms with E-state index in [1.807, 2.05) is 19.1 Å². The molecule has 0 aliphatic carbocycles. The number of ether oxygens (including phenoxy) is 1. The van der Waals surface area contributed by atoms with Gasteiger partial charge in [-0.15, -0.1) is 0 Å². The first-order chi connectivity index (χ1) is 12.0. The zero-order chi connectivity index (χ0) is 18.2. The lowest BCUT2D eigenvalue weighted by Crippen LogP contribution is -2.13. The first-order valence-electron chi connectivity index (χ1n) is 7.32. The summed E-state index contributed by atoms with van der Waals surface area (Å²) in [4.78, 5) is 12.2. The van der Waals surface area contributed by atoms with Crippen LogP contribution in [0.4, 0.5) is 5.69 Å². The summed E-state index contributed by atoms with van der Waals surface area (Å²) in [7, 11) is 0. The van der Waals surface area contributed by atoms with E-state index >= 15 is 0 Å². The van der Waals surface area contributed by atoms with Crippen LogP contribution in [0.2, 0.25) is 5.02 Å². The third-order valence-electron chi connectivity index (χ3n) is 3.29. The summed E-state index contributed by atoms with van der Waals surface area (Å²) in [5.41, 5.74) is 2.04. The van der Waals surface area contributed by atoms with Crippen molar-refractivity contribution in [2.45, 2.75) is 6.92 Å². The van der Waals surface area contributed by atoms with Crippen molar-refractivity contribution in [3.63, 3.8) is 0 Å². The van der Waals surface area contributed by atoms with Crippen LogP contribution in [-0.4, -0.2) is 12.5 Å². The topological polar surface area (TPSA) is 85.9 Å². The Hall–Kier alpha value is -3.28. The Bertz CT molecular complexity index is 890. The molecule has 0 atom stereocenters. The zero-order valence-corrected chi connectivity index (χ0v) is 14.2. The van der Waals surface area contributed by atoms with E-state index in [2.05, 4.69) is 5.32 Å². The second kappa shape index (κ2) is 8.54. The molecule has 0 saturated carbocycles. The normalized spacial score (nSPS) is 10.5. The van der Waals surface area contributed by atoms with Gasteiger partial charge in [0.2, 0.25) is 0 Å². The number of hydrogen-bond acceptors (Lipinski definition) is 4. The van der Waals surface area contributed by atoms with Crippen LogP contribution in [0.1, 0.15) is 11.1 Å². The molecule has 0 aromatic heterocycles. The molecule has 0 heterocycles. The quantitative estimate of drug-likeness (QED) is 0.649. The van der Waals surface area contributed by atoms with E-state index in [1.54, 1.807) is 42.5 Å². The smallest absolute Gasteiger partial charge is 0.266 e. The number of nitriles is 2. The number of nitrogens with one attached hydrogen (secondary N) is 1. The van der Waals surface area contributed by atoms with Crippen molar-refractivity contribution in [1.29, 1.82) is 10.5 Å². The van der Waals surface area contributed by atoms with Gasteiger partial charge in [0, 0.05) is 10.7 Å². The summed E-state index contributed by atoms with van der Waals surface area (Å²) < 4.78 is 5.15. The maximum Gasteiger partial charge on any atom is 0.266 e. The van der Waals surface area contributed by atoms with Crippen molar-refractivity contribution in [3.8, 4) is 17.9 Å². The predicted molar refractivity (Wildman–Crippen MR) is 96.0 cm³/mol. The van der Waals surface area contributed by atoms with Gasteiger partial charge in [-0.25, -0.2) is 0 Å². The molecule has 2 aromatic carbocycles. The molecule has 0 aliphatic heterocycles. The van der Waals surface area contributed by atoms with Crippen molar-refractivity contribution in [2.75, 3.05) is 11.9 Å². The van der Waals surface area contributed by atoms with Gasteiger partial charge in [0.25, 0.3) is 5.91 Å². The van der Waals surface area contributed by atoms with Crippen LogP contribution in [0.25, 0.3) is 6.08 Å². The number of rotatable bonds is 5. The lowest BCUT2D eigenvalue weighted by molar-refractivity contribution is -0.112. The van der Waals surface area contributed by atoms with Crippen molar-refractivity contribution in [3.05, 3.63) is 64.2 Å². The van der Waals surface area contributed by atoms with Crippen molar-refractivity contribution in [2.24, 2.45) is 0 Å². The standard InChI is InChI=1S/C19H14ClN3O2/c1-13-2-5-16(11-18(13)20)23-19(24)15(12-22)10-14-3-6-17(7-4-14)25-9-8-21/h2-7,10-11H,9H2,1H3,(H,23,24). The third kappa shape index (κ3) is 5.10. The molecule has 0 unspecified atom stereocenters. The number of aryl methyl sites for hydroxylation is 1. The number of carbonyl (C=O) groups excluding carboxylic acids is 1. The maximum atomic E-state index is 12.2. The average molecular weight is 352 g/mol. The van der Waals surface area contributed by atoms with Gasteiger partial charge in [-0.1, -0.05) is 29.8 Å².